The summed E-state index contributed by atoms with van der Waals surface area (Å²) in [5.41, 5.74) is 1.37. The summed E-state index contributed by atoms with van der Waals surface area (Å²) in [4.78, 5) is 0. The molecule has 0 bridgehead atoms. The second-order valence-electron chi connectivity index (χ2n) is 3.58. The molecule has 0 saturated carbocycles. The summed E-state index contributed by atoms with van der Waals surface area (Å²) in [5.74, 6) is 0. The minimum atomic E-state index is 0.404. The van der Waals surface area contributed by atoms with Crippen molar-refractivity contribution in [2.75, 3.05) is 7.05 Å². The van der Waals surface area contributed by atoms with E-state index in [-0.39, 0.29) is 0 Å². The van der Waals surface area contributed by atoms with E-state index in [1.54, 1.807) is 0 Å². The molecule has 0 saturated heterocycles. The Morgan fingerprint density at radius 2 is 1.56 bits per heavy atom. The molecule has 0 aromatic heterocycles. The molecular weight excluding hydrogens is 194 g/mol. The molecular formula is C15H21N. The highest BCUT2D eigenvalue weighted by Crippen LogP contribution is 2.23. The van der Waals surface area contributed by atoms with E-state index in [4.69, 9.17) is 0 Å². The average Bonchev–Trinajstić information content (AvgIpc) is 2.39. The summed E-state index contributed by atoms with van der Waals surface area (Å²) in [5, 5.41) is 5.93. The predicted molar refractivity (Wildman–Crippen MR) is 72.8 cm³/mol. The minimum absolute atomic E-state index is 0.404. The van der Waals surface area contributed by atoms with Gasteiger partial charge in [-0.25, -0.2) is 0 Å². The van der Waals surface area contributed by atoms with Crippen LogP contribution in [0, 0.1) is 0 Å². The van der Waals surface area contributed by atoms with Crippen molar-refractivity contribution in [3.8, 4) is 0 Å². The van der Waals surface area contributed by atoms with Crippen LogP contribution in [0.25, 0.3) is 10.8 Å². The zero-order chi connectivity index (χ0) is 12.0. The molecule has 0 fully saturated rings. The van der Waals surface area contributed by atoms with Crippen LogP contribution in [-0.4, -0.2) is 7.05 Å². The van der Waals surface area contributed by atoms with Crippen LogP contribution in [-0.2, 0) is 0 Å². The van der Waals surface area contributed by atoms with Crippen molar-refractivity contribution in [2.24, 2.45) is 0 Å². The third-order valence-electron chi connectivity index (χ3n) is 2.72. The van der Waals surface area contributed by atoms with Gasteiger partial charge in [0.1, 0.15) is 0 Å². The fraction of sp³-hybridized carbons (Fsp3) is 0.333. The Morgan fingerprint density at radius 3 is 2.25 bits per heavy atom. The van der Waals surface area contributed by atoms with E-state index >= 15 is 0 Å². The summed E-state index contributed by atoms with van der Waals surface area (Å²) < 4.78 is 0. The van der Waals surface area contributed by atoms with Crippen LogP contribution in [0.4, 0.5) is 0 Å². The molecule has 2 aromatic rings. The fourth-order valence-corrected chi connectivity index (χ4v) is 1.78. The summed E-state index contributed by atoms with van der Waals surface area (Å²) in [7, 11) is 1.99. The van der Waals surface area contributed by atoms with E-state index in [0.29, 0.717) is 6.04 Å². The maximum absolute atomic E-state index is 3.27. The van der Waals surface area contributed by atoms with Gasteiger partial charge in [0.05, 0.1) is 0 Å². The van der Waals surface area contributed by atoms with Crippen molar-refractivity contribution < 1.29 is 0 Å². The van der Waals surface area contributed by atoms with Crippen molar-refractivity contribution >= 4 is 10.8 Å². The molecule has 0 amide bonds. The first-order valence-electron chi connectivity index (χ1n) is 5.98. The van der Waals surface area contributed by atoms with Crippen LogP contribution in [0.2, 0.25) is 0 Å². The van der Waals surface area contributed by atoms with Crippen molar-refractivity contribution in [3.05, 3.63) is 48.0 Å². The highest BCUT2D eigenvalue weighted by Gasteiger charge is 2.05. The van der Waals surface area contributed by atoms with Gasteiger partial charge in [0.2, 0.25) is 0 Å². The largest absolute Gasteiger partial charge is 0.313 e. The SMILES string of the molecule is CC.CN[C@H](C)c1cccc2ccccc12. The van der Waals surface area contributed by atoms with Crippen molar-refractivity contribution in [1.29, 1.82) is 0 Å². The molecule has 0 unspecified atom stereocenters. The highest BCUT2D eigenvalue weighted by molar-refractivity contribution is 5.86. The van der Waals surface area contributed by atoms with Gasteiger partial charge >= 0.3 is 0 Å². The van der Waals surface area contributed by atoms with Gasteiger partial charge in [0.25, 0.3) is 0 Å². The van der Waals surface area contributed by atoms with Crippen molar-refractivity contribution in [2.45, 2.75) is 26.8 Å². The van der Waals surface area contributed by atoms with E-state index in [1.165, 1.54) is 16.3 Å². The van der Waals surface area contributed by atoms with Gasteiger partial charge in [0.15, 0.2) is 0 Å². The topological polar surface area (TPSA) is 12.0 Å². The fourth-order valence-electron chi connectivity index (χ4n) is 1.78. The third kappa shape index (κ3) is 2.61. The van der Waals surface area contributed by atoms with E-state index in [0.717, 1.165) is 0 Å². The van der Waals surface area contributed by atoms with E-state index in [9.17, 15) is 0 Å². The van der Waals surface area contributed by atoms with Gasteiger partial charge < -0.3 is 5.32 Å². The molecule has 0 aliphatic carbocycles. The van der Waals surface area contributed by atoms with Gasteiger partial charge in [0, 0.05) is 6.04 Å². The van der Waals surface area contributed by atoms with E-state index in [1.807, 2.05) is 20.9 Å². The van der Waals surface area contributed by atoms with Gasteiger partial charge in [-0.15, -0.1) is 0 Å². The Labute approximate surface area is 98.5 Å². The zero-order valence-corrected chi connectivity index (χ0v) is 10.6. The molecule has 1 N–H and O–H groups in total. The molecule has 1 nitrogen and oxygen atoms in total. The molecule has 1 atom stereocenters. The quantitative estimate of drug-likeness (QED) is 0.793. The average molecular weight is 215 g/mol. The van der Waals surface area contributed by atoms with Gasteiger partial charge in [-0.1, -0.05) is 56.3 Å². The molecule has 0 radical (unpaired) electrons. The molecule has 86 valence electrons. The Kier molecular flexibility index (Phi) is 5.00. The Balaban J connectivity index is 0.000000606. The first-order valence-corrected chi connectivity index (χ1v) is 5.98. The standard InChI is InChI=1S/C13H15N.C2H6/c1-10(14-2)12-9-5-7-11-6-3-4-8-13(11)12;1-2/h3-10,14H,1-2H3;1-2H3/t10-;/m1./s1. The van der Waals surface area contributed by atoms with Crippen molar-refractivity contribution in [3.63, 3.8) is 0 Å². The van der Waals surface area contributed by atoms with Crippen LogP contribution in [0.15, 0.2) is 42.5 Å². The van der Waals surface area contributed by atoms with E-state index < -0.39 is 0 Å². The lowest BCUT2D eigenvalue weighted by Gasteiger charge is -2.13. The number of rotatable bonds is 2. The monoisotopic (exact) mass is 215 g/mol. The van der Waals surface area contributed by atoms with Crippen LogP contribution in [0.3, 0.4) is 0 Å². The van der Waals surface area contributed by atoms with Crippen LogP contribution < -0.4 is 5.32 Å². The summed E-state index contributed by atoms with van der Waals surface area (Å²) in [6.07, 6.45) is 0. The third-order valence-corrected chi connectivity index (χ3v) is 2.72. The maximum atomic E-state index is 3.27. The van der Waals surface area contributed by atoms with Crippen molar-refractivity contribution in [1.82, 2.24) is 5.32 Å². The van der Waals surface area contributed by atoms with Crippen LogP contribution in [0.5, 0.6) is 0 Å². The van der Waals surface area contributed by atoms with Gasteiger partial charge in [-0.05, 0) is 30.3 Å². The number of hydrogen-bond acceptors (Lipinski definition) is 1. The smallest absolute Gasteiger partial charge is 0.0295 e. The molecule has 2 rings (SSSR count). The lowest BCUT2D eigenvalue weighted by molar-refractivity contribution is 0.657. The highest BCUT2D eigenvalue weighted by atomic mass is 14.8. The van der Waals surface area contributed by atoms with Gasteiger partial charge in [-0.3, -0.25) is 0 Å². The molecule has 16 heavy (non-hydrogen) atoms. The lowest BCUT2D eigenvalue weighted by Crippen LogP contribution is -2.12. The second-order valence-corrected chi connectivity index (χ2v) is 3.58. The summed E-state index contributed by atoms with van der Waals surface area (Å²) in [6, 6.07) is 15.4. The first kappa shape index (κ1) is 12.7. The van der Waals surface area contributed by atoms with E-state index in [2.05, 4.69) is 54.7 Å². The molecule has 0 aliphatic rings. The van der Waals surface area contributed by atoms with Gasteiger partial charge in [-0.2, -0.15) is 0 Å². The first-order chi connectivity index (χ1) is 7.83. The van der Waals surface area contributed by atoms with Crippen LogP contribution in [0.1, 0.15) is 32.4 Å². The molecule has 0 aliphatic heterocycles. The normalized spacial score (nSPS) is 11.8. The minimum Gasteiger partial charge on any atom is -0.313 e. The number of fused-ring (bicyclic) bond motifs is 1. The number of hydrogen-bond donors (Lipinski definition) is 1. The number of benzene rings is 2. The summed E-state index contributed by atoms with van der Waals surface area (Å²) >= 11 is 0. The molecule has 0 heterocycles. The zero-order valence-electron chi connectivity index (χ0n) is 10.6. The Hall–Kier alpha value is -1.34. The lowest BCUT2D eigenvalue weighted by atomic mass is 10.00. The maximum Gasteiger partial charge on any atom is 0.0295 e. The Bertz CT molecular complexity index is 429. The molecule has 0 spiro atoms. The van der Waals surface area contributed by atoms with Crippen LogP contribution >= 0.6 is 0 Å². The predicted octanol–water partition coefficient (Wildman–Crippen LogP) is 4.15. The molecule has 2 aromatic carbocycles. The number of nitrogens with one attached hydrogen (secondary N) is 1. The Morgan fingerprint density at radius 1 is 0.938 bits per heavy atom. The second kappa shape index (κ2) is 6.29. The molecule has 1 heteroatoms. The summed E-state index contributed by atoms with van der Waals surface area (Å²) in [6.45, 7) is 6.18.